The maximum absolute atomic E-state index is 14.8. The van der Waals surface area contributed by atoms with Crippen molar-refractivity contribution in [2.75, 3.05) is 126 Å². The Balaban J connectivity index is 0.000000211. The zero-order chi connectivity index (χ0) is 51.7. The molecule has 392 valence electrons. The molecule has 0 saturated carbocycles. The van der Waals surface area contributed by atoms with E-state index >= 15 is 0 Å². The van der Waals surface area contributed by atoms with Crippen molar-refractivity contribution in [1.82, 2.24) is 19.6 Å². The van der Waals surface area contributed by atoms with Crippen molar-refractivity contribution in [2.45, 2.75) is 25.2 Å². The molecular formula is C48H57Cl2F4N7O9S2. The van der Waals surface area contributed by atoms with E-state index in [0.29, 0.717) is 25.2 Å². The second-order valence-electron chi connectivity index (χ2n) is 17.7. The predicted molar refractivity (Wildman–Crippen MR) is 266 cm³/mol. The number of rotatable bonds is 19. The molecule has 0 unspecified atom stereocenters. The van der Waals surface area contributed by atoms with Crippen molar-refractivity contribution >= 4 is 66.4 Å². The lowest BCUT2D eigenvalue weighted by atomic mass is 10.1. The van der Waals surface area contributed by atoms with E-state index in [1.807, 2.05) is 0 Å². The lowest BCUT2D eigenvalue weighted by molar-refractivity contribution is -0.0764. The van der Waals surface area contributed by atoms with Gasteiger partial charge in [-0.05, 0) is 54.6 Å². The van der Waals surface area contributed by atoms with Crippen LogP contribution in [0.15, 0.2) is 72.8 Å². The number of anilines is 2. The van der Waals surface area contributed by atoms with Crippen LogP contribution in [0.2, 0.25) is 10.0 Å². The summed E-state index contributed by atoms with van der Waals surface area (Å²) in [6, 6.07) is 15.5. The van der Waals surface area contributed by atoms with Gasteiger partial charge in [-0.2, -0.15) is 0 Å². The standard InChI is InChI=1S/C24H29ClF2N4O4S.C24H28ClF2N3O5S/c25-21-12-19(3-4-22(21)26)31(14-18-2-1-17(11-23(18)27)24(32)13-28)36(33,34)10-9-29-5-7-30(8-6-29)20-15-35-16-20;1-34-24(31)17-2-3-18(23(27)12-17)14-30(19-4-5-22(26)21(25)13-19)36(32,33)11-10-28-6-8-29(9-7-28)20-15-35-16-20/h1-4,11-12,20H,5-10,13-16,28H2;2-5,12-13,20H,6-11,14-16H2,1H3. The van der Waals surface area contributed by atoms with Gasteiger partial charge in [0.1, 0.15) is 23.3 Å². The first kappa shape index (κ1) is 55.3. The van der Waals surface area contributed by atoms with Gasteiger partial charge in [0, 0.05) is 82.1 Å². The van der Waals surface area contributed by atoms with E-state index in [9.17, 15) is 44.0 Å². The van der Waals surface area contributed by atoms with E-state index in [1.165, 1.54) is 55.6 Å². The number of ether oxygens (including phenoxy) is 3. The summed E-state index contributed by atoms with van der Waals surface area (Å²) in [6.07, 6.45) is 0. The quantitative estimate of drug-likeness (QED) is 0.0765. The van der Waals surface area contributed by atoms with Crippen molar-refractivity contribution < 1.29 is 58.2 Å². The number of carbonyl (C=O) groups is 2. The van der Waals surface area contributed by atoms with E-state index in [-0.39, 0.29) is 74.8 Å². The Hall–Kier alpha value is -4.46. The molecule has 0 aromatic heterocycles. The molecule has 4 aromatic carbocycles. The predicted octanol–water partition coefficient (Wildman–Crippen LogP) is 4.87. The molecule has 0 radical (unpaired) electrons. The van der Waals surface area contributed by atoms with Crippen molar-refractivity contribution in [3.8, 4) is 0 Å². The number of ketones is 1. The van der Waals surface area contributed by atoms with Crippen molar-refractivity contribution in [3.05, 3.63) is 128 Å². The van der Waals surface area contributed by atoms with Crippen LogP contribution in [-0.4, -0.2) is 177 Å². The molecule has 4 saturated heterocycles. The SMILES string of the molecule is COC(=O)c1ccc(CN(c2ccc(F)c(Cl)c2)S(=O)(=O)CCN2CCN(C3COC3)CC2)c(F)c1.NCC(=O)c1ccc(CN(c2ccc(F)c(Cl)c2)S(=O)(=O)CCN2CCN(C3COC3)CC2)c(F)c1. The summed E-state index contributed by atoms with van der Waals surface area (Å²) in [7, 11) is -6.72. The van der Waals surface area contributed by atoms with E-state index in [4.69, 9.17) is 38.4 Å². The van der Waals surface area contributed by atoms with Gasteiger partial charge < -0.3 is 19.9 Å². The van der Waals surface area contributed by atoms with Gasteiger partial charge in [-0.3, -0.25) is 33.0 Å². The molecule has 4 heterocycles. The Morgan fingerprint density at radius 3 is 1.36 bits per heavy atom. The average molecular weight is 1090 g/mol. The van der Waals surface area contributed by atoms with Crippen molar-refractivity contribution in [1.29, 1.82) is 0 Å². The second-order valence-corrected chi connectivity index (χ2v) is 22.6. The number of nitrogens with two attached hydrogens (primary N) is 1. The van der Waals surface area contributed by atoms with Crippen LogP contribution in [0.1, 0.15) is 31.8 Å². The first-order valence-electron chi connectivity index (χ1n) is 23.2. The van der Waals surface area contributed by atoms with Gasteiger partial charge in [0.05, 0.1) is 104 Å². The summed E-state index contributed by atoms with van der Waals surface area (Å²) in [5, 5.41) is -0.488. The van der Waals surface area contributed by atoms with Gasteiger partial charge in [0.15, 0.2) is 5.78 Å². The van der Waals surface area contributed by atoms with Gasteiger partial charge in [-0.25, -0.2) is 39.2 Å². The van der Waals surface area contributed by atoms with Crippen LogP contribution >= 0.6 is 23.2 Å². The lowest BCUT2D eigenvalue weighted by Crippen LogP contribution is -2.57. The number of nitrogens with zero attached hydrogens (tertiary/aromatic N) is 6. The number of halogens is 6. The Labute approximate surface area is 427 Å². The largest absolute Gasteiger partial charge is 0.465 e. The zero-order valence-electron chi connectivity index (χ0n) is 39.5. The molecule has 4 aromatic rings. The van der Waals surface area contributed by atoms with Crippen molar-refractivity contribution in [3.63, 3.8) is 0 Å². The lowest BCUT2D eigenvalue weighted by Gasteiger charge is -2.42. The fraction of sp³-hybridized carbons (Fsp3) is 0.458. The Kier molecular flexibility index (Phi) is 19.0. The molecule has 0 aliphatic carbocycles. The fourth-order valence-corrected chi connectivity index (χ4v) is 11.8. The summed E-state index contributed by atoms with van der Waals surface area (Å²) in [6.45, 7) is 8.87. The Morgan fingerprint density at radius 1 is 0.611 bits per heavy atom. The summed E-state index contributed by atoms with van der Waals surface area (Å²) in [5.41, 5.74) is 5.80. The first-order chi connectivity index (χ1) is 34.3. The highest BCUT2D eigenvalue weighted by Gasteiger charge is 2.33. The molecule has 0 atom stereocenters. The highest BCUT2D eigenvalue weighted by molar-refractivity contribution is 7.93. The molecule has 0 spiro atoms. The van der Waals surface area contributed by atoms with E-state index < -0.39 is 55.1 Å². The average Bonchev–Trinajstić information content (AvgIpc) is 3.33. The van der Waals surface area contributed by atoms with Gasteiger partial charge in [-0.15, -0.1) is 0 Å². The first-order valence-corrected chi connectivity index (χ1v) is 27.2. The molecule has 2 N–H and O–H groups in total. The minimum Gasteiger partial charge on any atom is -0.465 e. The minimum absolute atomic E-state index is 0.00518. The number of piperazine rings is 2. The minimum atomic E-state index is -3.96. The van der Waals surface area contributed by atoms with Crippen LogP contribution in [-0.2, 0) is 47.3 Å². The third kappa shape index (κ3) is 14.0. The van der Waals surface area contributed by atoms with Gasteiger partial charge in [-0.1, -0.05) is 41.4 Å². The van der Waals surface area contributed by atoms with E-state index in [2.05, 4.69) is 24.3 Å². The Morgan fingerprint density at radius 2 is 1.01 bits per heavy atom. The number of methoxy groups -OCH3 is 1. The highest BCUT2D eigenvalue weighted by atomic mass is 35.5. The molecular weight excluding hydrogens is 1030 g/mol. The summed E-state index contributed by atoms with van der Waals surface area (Å²) in [4.78, 5) is 32.4. The number of carbonyl (C=O) groups excluding carboxylic acids is 2. The summed E-state index contributed by atoms with van der Waals surface area (Å²) >= 11 is 11.9. The number of sulfonamides is 2. The molecule has 16 nitrogen and oxygen atoms in total. The topological polar surface area (TPSA) is 176 Å². The van der Waals surface area contributed by atoms with Crippen LogP contribution in [0.4, 0.5) is 28.9 Å². The monoisotopic (exact) mass is 1090 g/mol. The second kappa shape index (κ2) is 24.7. The van der Waals surface area contributed by atoms with E-state index in [1.54, 1.807) is 0 Å². The normalized spacial score (nSPS) is 17.6. The van der Waals surface area contributed by atoms with Crippen LogP contribution in [0.5, 0.6) is 0 Å². The smallest absolute Gasteiger partial charge is 0.337 e. The molecule has 72 heavy (non-hydrogen) atoms. The van der Waals surface area contributed by atoms with Gasteiger partial charge in [0.25, 0.3) is 0 Å². The molecule has 0 bridgehead atoms. The Bertz CT molecular complexity index is 2600. The van der Waals surface area contributed by atoms with Crippen LogP contribution in [0.3, 0.4) is 0 Å². The molecule has 8 rings (SSSR count). The molecule has 0 amide bonds. The number of benzene rings is 4. The van der Waals surface area contributed by atoms with Crippen molar-refractivity contribution in [2.24, 2.45) is 5.73 Å². The fourth-order valence-electron chi connectivity index (χ4n) is 8.46. The third-order valence-corrected chi connectivity index (χ3v) is 17.1. The zero-order valence-corrected chi connectivity index (χ0v) is 42.7. The van der Waals surface area contributed by atoms with Crippen LogP contribution in [0.25, 0.3) is 0 Å². The van der Waals surface area contributed by atoms with Gasteiger partial charge >= 0.3 is 5.97 Å². The van der Waals surface area contributed by atoms with Crippen LogP contribution < -0.4 is 14.3 Å². The molecule has 24 heteroatoms. The maximum atomic E-state index is 14.8. The molecule has 4 fully saturated rings. The number of esters is 1. The van der Waals surface area contributed by atoms with Gasteiger partial charge in [0.2, 0.25) is 20.0 Å². The van der Waals surface area contributed by atoms with E-state index in [0.717, 1.165) is 112 Å². The number of hydrogen-bond donors (Lipinski definition) is 1. The third-order valence-electron chi connectivity index (χ3n) is 13.1. The molecule has 4 aliphatic heterocycles. The summed E-state index contributed by atoms with van der Waals surface area (Å²) in [5.74, 6) is -4.44. The molecule has 4 aliphatic rings. The van der Waals surface area contributed by atoms with Crippen LogP contribution in [0, 0.1) is 23.3 Å². The number of hydrogen-bond acceptors (Lipinski definition) is 14. The number of Topliss-reactive ketones (excluding diaryl/α,β-unsaturated/α-hetero) is 1. The maximum Gasteiger partial charge on any atom is 0.337 e. The summed E-state index contributed by atoms with van der Waals surface area (Å²) < 4.78 is 128. The highest BCUT2D eigenvalue weighted by Crippen LogP contribution is 2.30.